The molecule has 0 bridgehead atoms. The highest BCUT2D eigenvalue weighted by atomic mass is 35.5. The number of anilines is 1. The topological polar surface area (TPSA) is 90.4 Å². The summed E-state index contributed by atoms with van der Waals surface area (Å²) in [6, 6.07) is 8.27. The normalized spacial score (nSPS) is 10.6. The summed E-state index contributed by atoms with van der Waals surface area (Å²) in [5.74, 6) is -1.12. The molecule has 0 saturated heterocycles. The maximum atomic E-state index is 12.0. The number of amides is 1. The van der Waals surface area contributed by atoms with Gasteiger partial charge >= 0.3 is 5.97 Å². The van der Waals surface area contributed by atoms with Crippen LogP contribution in [0.1, 0.15) is 5.69 Å². The maximum Gasteiger partial charge on any atom is 0.344 e. The molecule has 2 heterocycles. The van der Waals surface area contributed by atoms with E-state index >= 15 is 0 Å². The smallest absolute Gasteiger partial charge is 0.344 e. The highest BCUT2D eigenvalue weighted by Crippen LogP contribution is 2.37. The molecule has 0 spiro atoms. The van der Waals surface area contributed by atoms with Crippen LogP contribution in [-0.2, 0) is 14.3 Å². The number of esters is 1. The van der Waals surface area contributed by atoms with Crippen LogP contribution < -0.4 is 10.1 Å². The molecule has 0 atom stereocenters. The van der Waals surface area contributed by atoms with Gasteiger partial charge < -0.3 is 14.8 Å². The minimum Gasteiger partial charge on any atom is -0.478 e. The van der Waals surface area contributed by atoms with Crippen LogP contribution in [0.5, 0.6) is 5.75 Å². The van der Waals surface area contributed by atoms with Crippen molar-refractivity contribution in [3.63, 3.8) is 0 Å². The van der Waals surface area contributed by atoms with Crippen molar-refractivity contribution in [2.24, 2.45) is 0 Å². The number of nitrogens with zero attached hydrogens (tertiary/aromatic N) is 2. The Morgan fingerprint density at radius 3 is 2.66 bits per heavy atom. The summed E-state index contributed by atoms with van der Waals surface area (Å²) in [5, 5.41) is 3.87. The molecule has 3 aromatic rings. The molecule has 1 aromatic carbocycles. The van der Waals surface area contributed by atoms with E-state index < -0.39 is 25.1 Å². The third kappa shape index (κ3) is 5.26. The van der Waals surface area contributed by atoms with Crippen LogP contribution in [0.15, 0.2) is 36.5 Å². The number of nitrogens with one attached hydrogen (secondary N) is 1. The quantitative estimate of drug-likeness (QED) is 0.437. The first-order valence-electron chi connectivity index (χ1n) is 8.29. The standard InChI is InChI=1S/C19H14Cl3N3O4/c1-10-4-5-11-12(20)7-13(21)18(17(11)24-10)29-9-16(27)28-8-15(26)25-14-3-2-6-23-19(14)22/h2-7H,8-9H2,1H3,(H,25,26). The van der Waals surface area contributed by atoms with Gasteiger partial charge in [0.15, 0.2) is 24.1 Å². The van der Waals surface area contributed by atoms with Gasteiger partial charge in [-0.25, -0.2) is 14.8 Å². The molecule has 0 aliphatic heterocycles. The molecule has 7 nitrogen and oxygen atoms in total. The Hall–Kier alpha value is -2.61. The monoisotopic (exact) mass is 453 g/mol. The minimum absolute atomic E-state index is 0.127. The minimum atomic E-state index is -0.760. The summed E-state index contributed by atoms with van der Waals surface area (Å²) in [5.41, 5.74) is 1.47. The van der Waals surface area contributed by atoms with Crippen molar-refractivity contribution in [1.82, 2.24) is 9.97 Å². The van der Waals surface area contributed by atoms with Gasteiger partial charge in [-0.05, 0) is 37.3 Å². The average molecular weight is 455 g/mol. The summed E-state index contributed by atoms with van der Waals surface area (Å²) < 4.78 is 10.4. The summed E-state index contributed by atoms with van der Waals surface area (Å²) in [6.07, 6.45) is 1.48. The first-order valence-corrected chi connectivity index (χ1v) is 9.42. The number of fused-ring (bicyclic) bond motifs is 1. The number of rotatable bonds is 6. The molecule has 1 N–H and O–H groups in total. The van der Waals surface area contributed by atoms with Crippen molar-refractivity contribution < 1.29 is 19.1 Å². The van der Waals surface area contributed by atoms with Crippen molar-refractivity contribution in [2.45, 2.75) is 6.92 Å². The molecule has 0 aliphatic carbocycles. The van der Waals surface area contributed by atoms with E-state index in [0.29, 0.717) is 21.6 Å². The van der Waals surface area contributed by atoms with E-state index in [9.17, 15) is 9.59 Å². The van der Waals surface area contributed by atoms with Crippen molar-refractivity contribution in [2.75, 3.05) is 18.5 Å². The number of hydrogen-bond acceptors (Lipinski definition) is 6. The lowest BCUT2D eigenvalue weighted by atomic mass is 10.2. The Morgan fingerprint density at radius 2 is 1.90 bits per heavy atom. The van der Waals surface area contributed by atoms with Gasteiger partial charge in [0.1, 0.15) is 5.52 Å². The third-order valence-corrected chi connectivity index (χ3v) is 4.60. The zero-order valence-electron chi connectivity index (χ0n) is 15.0. The fourth-order valence-electron chi connectivity index (χ4n) is 2.41. The number of carbonyl (C=O) groups excluding carboxylic acids is 2. The average Bonchev–Trinajstić information content (AvgIpc) is 2.67. The highest BCUT2D eigenvalue weighted by molar-refractivity contribution is 6.39. The largest absolute Gasteiger partial charge is 0.478 e. The highest BCUT2D eigenvalue weighted by Gasteiger charge is 2.16. The molecule has 0 unspecified atom stereocenters. The third-order valence-electron chi connectivity index (χ3n) is 3.71. The number of aryl methyl sites for hydroxylation is 1. The van der Waals surface area contributed by atoms with E-state index in [4.69, 9.17) is 44.3 Å². The molecule has 0 fully saturated rings. The van der Waals surface area contributed by atoms with E-state index in [-0.39, 0.29) is 15.9 Å². The molecule has 2 aromatic heterocycles. The van der Waals surface area contributed by atoms with Gasteiger partial charge in [0, 0.05) is 17.3 Å². The molecule has 0 radical (unpaired) electrons. The molecule has 150 valence electrons. The molecule has 29 heavy (non-hydrogen) atoms. The zero-order chi connectivity index (χ0) is 21.0. The Morgan fingerprint density at radius 1 is 1.10 bits per heavy atom. The van der Waals surface area contributed by atoms with Gasteiger partial charge in [0.2, 0.25) is 0 Å². The van der Waals surface area contributed by atoms with Crippen molar-refractivity contribution in [3.05, 3.63) is 57.4 Å². The van der Waals surface area contributed by atoms with Gasteiger partial charge in [0.05, 0.1) is 15.7 Å². The predicted molar refractivity (Wildman–Crippen MR) is 111 cm³/mol. The van der Waals surface area contributed by atoms with E-state index in [1.165, 1.54) is 12.3 Å². The molecular weight excluding hydrogens is 441 g/mol. The number of ether oxygens (including phenoxy) is 2. The van der Waals surface area contributed by atoms with Crippen LogP contribution in [0.4, 0.5) is 5.69 Å². The number of hydrogen-bond donors (Lipinski definition) is 1. The number of halogens is 3. The zero-order valence-corrected chi connectivity index (χ0v) is 17.3. The van der Waals surface area contributed by atoms with Crippen molar-refractivity contribution >= 4 is 63.3 Å². The van der Waals surface area contributed by atoms with Crippen LogP contribution in [0.25, 0.3) is 10.9 Å². The van der Waals surface area contributed by atoms with Crippen LogP contribution >= 0.6 is 34.8 Å². The van der Waals surface area contributed by atoms with E-state index in [1.807, 2.05) is 0 Å². The van der Waals surface area contributed by atoms with Crippen molar-refractivity contribution in [3.8, 4) is 5.75 Å². The van der Waals surface area contributed by atoms with Crippen molar-refractivity contribution in [1.29, 1.82) is 0 Å². The van der Waals surface area contributed by atoms with E-state index in [1.54, 1.807) is 31.2 Å². The second kappa shape index (κ2) is 9.26. The van der Waals surface area contributed by atoms with Gasteiger partial charge in [-0.1, -0.05) is 34.8 Å². The summed E-state index contributed by atoms with van der Waals surface area (Å²) >= 11 is 18.2. The number of aromatic nitrogens is 2. The molecule has 10 heteroatoms. The van der Waals surface area contributed by atoms with Gasteiger partial charge in [-0.3, -0.25) is 4.79 Å². The summed E-state index contributed by atoms with van der Waals surface area (Å²) in [7, 11) is 0. The molecular formula is C19H14Cl3N3O4. The summed E-state index contributed by atoms with van der Waals surface area (Å²) in [4.78, 5) is 32.1. The number of benzene rings is 1. The Labute approximate surface area is 180 Å². The molecule has 3 rings (SSSR count). The van der Waals surface area contributed by atoms with Crippen LogP contribution in [0.3, 0.4) is 0 Å². The lowest BCUT2D eigenvalue weighted by molar-refractivity contribution is -0.149. The second-order valence-corrected chi connectivity index (χ2v) is 7.03. The van der Waals surface area contributed by atoms with Crippen LogP contribution in [0, 0.1) is 6.92 Å². The van der Waals surface area contributed by atoms with Gasteiger partial charge in [-0.2, -0.15) is 0 Å². The first-order chi connectivity index (χ1) is 13.8. The second-order valence-electron chi connectivity index (χ2n) is 5.86. The Bertz CT molecular complexity index is 1090. The predicted octanol–water partition coefficient (Wildman–Crippen LogP) is 4.46. The lowest BCUT2D eigenvalue weighted by Crippen LogP contribution is -2.24. The fourth-order valence-corrected chi connectivity index (χ4v) is 3.15. The van der Waals surface area contributed by atoms with E-state index in [0.717, 1.165) is 5.69 Å². The van der Waals surface area contributed by atoms with Crippen LogP contribution in [-0.4, -0.2) is 35.1 Å². The fraction of sp³-hybridized carbons (Fsp3) is 0.158. The summed E-state index contributed by atoms with van der Waals surface area (Å²) in [6.45, 7) is 0.826. The van der Waals surface area contributed by atoms with Gasteiger partial charge in [0.25, 0.3) is 5.91 Å². The lowest BCUT2D eigenvalue weighted by Gasteiger charge is -2.12. The number of pyridine rings is 2. The Kier molecular flexibility index (Phi) is 6.74. The number of carbonyl (C=O) groups is 2. The Balaban J connectivity index is 1.60. The van der Waals surface area contributed by atoms with E-state index in [2.05, 4.69) is 15.3 Å². The molecule has 0 saturated carbocycles. The van der Waals surface area contributed by atoms with Crippen LogP contribution in [0.2, 0.25) is 15.2 Å². The SMILES string of the molecule is Cc1ccc2c(Cl)cc(Cl)c(OCC(=O)OCC(=O)Nc3cccnc3Cl)c2n1. The molecule has 1 amide bonds. The van der Waals surface area contributed by atoms with Gasteiger partial charge in [-0.15, -0.1) is 0 Å². The first kappa shape index (κ1) is 21.1. The maximum absolute atomic E-state index is 12.0. The molecule has 0 aliphatic rings.